The van der Waals surface area contributed by atoms with Crippen molar-refractivity contribution in [2.24, 2.45) is 5.41 Å². The molecule has 0 radical (unpaired) electrons. The van der Waals surface area contributed by atoms with Crippen LogP contribution in [0.4, 0.5) is 45.3 Å². The van der Waals surface area contributed by atoms with E-state index in [4.69, 9.17) is 34.4 Å². The minimum atomic E-state index is -5.08. The standard InChI is InChI=1S/C19H25N5O.3C2HF3O2/c1-3-17(11-20-5-1)13-23-8-2-4-19(14-23)15-24(9-10-25-16-19)18-12-21-6-7-22-18;3*3-2(4,5)1(6)7/h1,3,5-7,11-12H,2,4,8-10,13-16H2;3*(H,6,7). The second-order valence-corrected chi connectivity index (χ2v) is 9.62. The third kappa shape index (κ3) is 15.1. The van der Waals surface area contributed by atoms with Gasteiger partial charge in [-0.2, -0.15) is 39.5 Å². The molecule has 2 aromatic heterocycles. The van der Waals surface area contributed by atoms with E-state index in [2.05, 4.69) is 30.8 Å². The Morgan fingerprint density at radius 1 is 0.804 bits per heavy atom. The highest BCUT2D eigenvalue weighted by molar-refractivity contribution is 5.73. The lowest BCUT2D eigenvalue weighted by atomic mass is 9.80. The molecule has 0 saturated carbocycles. The van der Waals surface area contributed by atoms with Crippen LogP contribution in [0.1, 0.15) is 18.4 Å². The van der Waals surface area contributed by atoms with Crippen molar-refractivity contribution in [1.29, 1.82) is 0 Å². The molecule has 1 spiro atoms. The Balaban J connectivity index is 0.000000413. The van der Waals surface area contributed by atoms with E-state index in [1.807, 2.05) is 24.7 Å². The fraction of sp³-hybridized carbons (Fsp3) is 0.520. The molecule has 2 aliphatic heterocycles. The van der Waals surface area contributed by atoms with E-state index < -0.39 is 36.4 Å². The van der Waals surface area contributed by atoms with Gasteiger partial charge >= 0.3 is 36.4 Å². The molecule has 12 nitrogen and oxygen atoms in total. The van der Waals surface area contributed by atoms with Gasteiger partial charge in [-0.3, -0.25) is 14.9 Å². The normalized spacial score (nSPS) is 18.8. The predicted molar refractivity (Wildman–Crippen MR) is 137 cm³/mol. The highest BCUT2D eigenvalue weighted by Gasteiger charge is 2.40. The van der Waals surface area contributed by atoms with Crippen LogP contribution < -0.4 is 4.90 Å². The van der Waals surface area contributed by atoms with Crippen molar-refractivity contribution in [3.05, 3.63) is 48.7 Å². The van der Waals surface area contributed by atoms with Gasteiger partial charge in [-0.15, -0.1) is 0 Å². The van der Waals surface area contributed by atoms with Crippen molar-refractivity contribution >= 4 is 23.7 Å². The van der Waals surface area contributed by atoms with Crippen LogP contribution in [-0.2, 0) is 25.7 Å². The van der Waals surface area contributed by atoms with Crippen molar-refractivity contribution in [3.8, 4) is 0 Å². The first-order valence-electron chi connectivity index (χ1n) is 12.8. The van der Waals surface area contributed by atoms with Crippen LogP contribution in [-0.4, -0.2) is 111 Å². The summed E-state index contributed by atoms with van der Waals surface area (Å²) in [5, 5.41) is 21.4. The molecular weight excluding hydrogens is 653 g/mol. The zero-order valence-corrected chi connectivity index (χ0v) is 23.5. The van der Waals surface area contributed by atoms with E-state index in [1.54, 1.807) is 12.4 Å². The minimum Gasteiger partial charge on any atom is -0.475 e. The maximum absolute atomic E-state index is 10.6. The number of ether oxygens (including phenoxy) is 1. The number of alkyl halides is 9. The molecule has 2 aromatic rings. The highest BCUT2D eigenvalue weighted by atomic mass is 19.4. The lowest BCUT2D eigenvalue weighted by Crippen LogP contribution is -2.50. The molecule has 46 heavy (non-hydrogen) atoms. The molecule has 1 unspecified atom stereocenters. The van der Waals surface area contributed by atoms with Gasteiger partial charge in [0.2, 0.25) is 0 Å². The van der Waals surface area contributed by atoms with Gasteiger partial charge in [0.15, 0.2) is 0 Å². The average Bonchev–Trinajstić information content (AvgIpc) is 3.16. The van der Waals surface area contributed by atoms with E-state index >= 15 is 0 Å². The van der Waals surface area contributed by atoms with Gasteiger partial charge in [-0.05, 0) is 31.0 Å². The summed E-state index contributed by atoms with van der Waals surface area (Å²) in [5.41, 5.74) is 1.44. The first-order chi connectivity index (χ1) is 21.2. The number of pyridine rings is 1. The molecule has 2 saturated heterocycles. The Labute approximate surface area is 254 Å². The molecule has 3 N–H and O–H groups in total. The predicted octanol–water partition coefficient (Wildman–Crippen LogP) is 3.89. The third-order valence-electron chi connectivity index (χ3n) is 5.91. The van der Waals surface area contributed by atoms with Crippen LogP contribution >= 0.6 is 0 Å². The number of nitrogens with zero attached hydrogens (tertiary/aromatic N) is 5. The summed E-state index contributed by atoms with van der Waals surface area (Å²) >= 11 is 0. The van der Waals surface area contributed by atoms with Gasteiger partial charge < -0.3 is 25.0 Å². The number of carbonyl (C=O) groups is 3. The molecule has 2 fully saturated rings. The van der Waals surface area contributed by atoms with Gasteiger partial charge in [0.1, 0.15) is 5.82 Å². The number of rotatable bonds is 3. The van der Waals surface area contributed by atoms with Crippen molar-refractivity contribution in [2.75, 3.05) is 44.3 Å². The molecule has 1 atom stereocenters. The number of carboxylic acid groups (broad SMARTS) is 3. The maximum Gasteiger partial charge on any atom is 0.490 e. The topological polar surface area (TPSA) is 166 Å². The zero-order chi connectivity index (χ0) is 35.2. The number of halogens is 9. The largest absolute Gasteiger partial charge is 0.490 e. The van der Waals surface area contributed by atoms with Gasteiger partial charge in [0, 0.05) is 56.4 Å². The average molecular weight is 682 g/mol. The van der Waals surface area contributed by atoms with Gasteiger partial charge in [0.25, 0.3) is 0 Å². The Hall–Kier alpha value is -4.27. The second-order valence-electron chi connectivity index (χ2n) is 9.62. The summed E-state index contributed by atoms with van der Waals surface area (Å²) in [5.74, 6) is -7.32. The summed E-state index contributed by atoms with van der Waals surface area (Å²) in [6, 6.07) is 4.17. The number of carboxylic acids is 3. The zero-order valence-electron chi connectivity index (χ0n) is 23.5. The molecule has 258 valence electrons. The monoisotopic (exact) mass is 681 g/mol. The van der Waals surface area contributed by atoms with E-state index in [9.17, 15) is 39.5 Å². The number of hydrogen-bond acceptors (Lipinski definition) is 9. The summed E-state index contributed by atoms with van der Waals surface area (Å²) in [6.45, 7) is 6.59. The second kappa shape index (κ2) is 17.4. The van der Waals surface area contributed by atoms with Crippen molar-refractivity contribution in [3.63, 3.8) is 0 Å². The lowest BCUT2D eigenvalue weighted by Gasteiger charge is -2.43. The molecule has 0 amide bonds. The molecule has 0 aromatic carbocycles. The van der Waals surface area contributed by atoms with E-state index in [0.717, 1.165) is 51.8 Å². The van der Waals surface area contributed by atoms with E-state index in [-0.39, 0.29) is 5.41 Å². The maximum atomic E-state index is 10.6. The quantitative estimate of drug-likeness (QED) is 0.401. The number of likely N-dealkylation sites (tertiary alicyclic amines) is 1. The van der Waals surface area contributed by atoms with Gasteiger partial charge in [-0.25, -0.2) is 19.4 Å². The Morgan fingerprint density at radius 2 is 1.35 bits per heavy atom. The summed E-state index contributed by atoms with van der Waals surface area (Å²) in [4.78, 5) is 44.5. The summed E-state index contributed by atoms with van der Waals surface area (Å²) in [6.07, 6.45) is -3.69. The fourth-order valence-electron chi connectivity index (χ4n) is 4.08. The SMILES string of the molecule is O=C(O)C(F)(F)F.O=C(O)C(F)(F)F.O=C(O)C(F)(F)F.c1cncc(CN2CCCC3(COCCN(c4cnccn4)C3)C2)c1. The van der Waals surface area contributed by atoms with Gasteiger partial charge in [0.05, 0.1) is 19.4 Å². The number of aromatic nitrogens is 3. The molecule has 2 aliphatic rings. The molecule has 4 rings (SSSR count). The van der Waals surface area contributed by atoms with Gasteiger partial charge in [-0.1, -0.05) is 6.07 Å². The van der Waals surface area contributed by atoms with Crippen LogP contribution in [0, 0.1) is 5.41 Å². The lowest BCUT2D eigenvalue weighted by molar-refractivity contribution is -0.193. The Bertz CT molecular complexity index is 1180. The fourth-order valence-corrected chi connectivity index (χ4v) is 4.08. The van der Waals surface area contributed by atoms with Crippen LogP contribution in [0.2, 0.25) is 0 Å². The number of anilines is 1. The first kappa shape index (κ1) is 39.8. The Morgan fingerprint density at radius 3 is 1.80 bits per heavy atom. The summed E-state index contributed by atoms with van der Waals surface area (Å²) < 4.78 is 101. The van der Waals surface area contributed by atoms with Crippen molar-refractivity contribution in [1.82, 2.24) is 19.9 Å². The first-order valence-corrected chi connectivity index (χ1v) is 12.8. The third-order valence-corrected chi connectivity index (χ3v) is 5.91. The molecule has 4 heterocycles. The number of aliphatic carboxylic acids is 3. The minimum absolute atomic E-state index is 0.161. The van der Waals surface area contributed by atoms with Crippen molar-refractivity contribution < 1.29 is 74.0 Å². The van der Waals surface area contributed by atoms with Crippen LogP contribution in [0.3, 0.4) is 0 Å². The highest BCUT2D eigenvalue weighted by Crippen LogP contribution is 2.34. The number of hydrogen-bond donors (Lipinski definition) is 3. The Kier molecular flexibility index (Phi) is 15.1. The number of piperidine rings is 1. The van der Waals surface area contributed by atoms with Crippen molar-refractivity contribution in [2.45, 2.75) is 37.9 Å². The van der Waals surface area contributed by atoms with E-state index in [0.29, 0.717) is 0 Å². The van der Waals surface area contributed by atoms with Crippen LogP contribution in [0.15, 0.2) is 43.1 Å². The van der Waals surface area contributed by atoms with Crippen LogP contribution in [0.5, 0.6) is 0 Å². The molecule has 0 aliphatic carbocycles. The molecule has 0 bridgehead atoms. The molecular formula is C25H28F9N5O7. The van der Waals surface area contributed by atoms with E-state index in [1.165, 1.54) is 18.4 Å². The molecule has 21 heteroatoms. The van der Waals surface area contributed by atoms with Crippen LogP contribution in [0.25, 0.3) is 0 Å². The summed E-state index contributed by atoms with van der Waals surface area (Å²) in [7, 11) is 0. The smallest absolute Gasteiger partial charge is 0.475 e.